The summed E-state index contributed by atoms with van der Waals surface area (Å²) < 4.78 is 3.74. The Morgan fingerprint density at radius 3 is 2.68 bits per heavy atom. The maximum Gasteiger partial charge on any atom is 0.138 e. The highest BCUT2D eigenvalue weighted by atomic mass is 15.4. The Morgan fingerprint density at radius 2 is 2.16 bits per heavy atom. The van der Waals surface area contributed by atoms with Crippen molar-refractivity contribution in [3.8, 4) is 0 Å². The number of nitrogens with zero attached hydrogens (tertiary/aromatic N) is 5. The van der Waals surface area contributed by atoms with Crippen LogP contribution in [0.25, 0.3) is 0 Å². The van der Waals surface area contributed by atoms with E-state index in [4.69, 9.17) is 5.84 Å². The summed E-state index contributed by atoms with van der Waals surface area (Å²) >= 11 is 0. The van der Waals surface area contributed by atoms with Gasteiger partial charge >= 0.3 is 0 Å². The molecule has 0 saturated carbocycles. The van der Waals surface area contributed by atoms with Crippen molar-refractivity contribution in [1.29, 1.82) is 0 Å². The first-order chi connectivity index (χ1) is 9.02. The van der Waals surface area contributed by atoms with Crippen molar-refractivity contribution in [2.45, 2.75) is 39.3 Å². The second-order valence-electron chi connectivity index (χ2n) is 4.97. The lowest BCUT2D eigenvalue weighted by molar-refractivity contribution is 0.461. The quantitative estimate of drug-likeness (QED) is 0.611. The van der Waals surface area contributed by atoms with Crippen molar-refractivity contribution in [2.75, 3.05) is 0 Å². The predicted molar refractivity (Wildman–Crippen MR) is 72.1 cm³/mol. The third-order valence-electron chi connectivity index (χ3n) is 3.21. The Kier molecular flexibility index (Phi) is 3.96. The van der Waals surface area contributed by atoms with E-state index < -0.39 is 0 Å². The molecular formula is C12H21N7. The maximum absolute atomic E-state index is 5.65. The Hall–Kier alpha value is -1.73. The molecule has 1 unspecified atom stereocenters. The van der Waals surface area contributed by atoms with Crippen LogP contribution in [0.4, 0.5) is 0 Å². The summed E-state index contributed by atoms with van der Waals surface area (Å²) in [5.74, 6) is 6.55. The van der Waals surface area contributed by atoms with Gasteiger partial charge in [-0.1, -0.05) is 0 Å². The van der Waals surface area contributed by atoms with Gasteiger partial charge in [-0.15, -0.1) is 0 Å². The molecule has 7 heteroatoms. The lowest BCUT2D eigenvalue weighted by Crippen LogP contribution is -2.31. The SMILES string of the molecule is Cc1cc(C(Cc2ncnn2C(C)C)NN)nn1C. The van der Waals surface area contributed by atoms with Crippen LogP contribution in [0, 0.1) is 6.92 Å². The number of hydrogen-bond donors (Lipinski definition) is 2. The minimum Gasteiger partial charge on any atom is -0.273 e. The topological polar surface area (TPSA) is 86.6 Å². The molecule has 0 aliphatic heterocycles. The minimum atomic E-state index is -0.0680. The van der Waals surface area contributed by atoms with Crippen LogP contribution in [0.5, 0.6) is 0 Å². The second kappa shape index (κ2) is 5.50. The van der Waals surface area contributed by atoms with Crippen LogP contribution < -0.4 is 11.3 Å². The van der Waals surface area contributed by atoms with Gasteiger partial charge < -0.3 is 0 Å². The molecule has 0 bridgehead atoms. The smallest absolute Gasteiger partial charge is 0.138 e. The Morgan fingerprint density at radius 1 is 1.42 bits per heavy atom. The molecule has 0 saturated heterocycles. The summed E-state index contributed by atoms with van der Waals surface area (Å²) in [6.45, 7) is 6.17. The largest absolute Gasteiger partial charge is 0.273 e. The first kappa shape index (κ1) is 13.7. The van der Waals surface area contributed by atoms with Crippen LogP contribution >= 0.6 is 0 Å². The van der Waals surface area contributed by atoms with E-state index in [-0.39, 0.29) is 12.1 Å². The van der Waals surface area contributed by atoms with E-state index in [9.17, 15) is 0 Å². The maximum atomic E-state index is 5.65. The Balaban J connectivity index is 2.21. The van der Waals surface area contributed by atoms with Crippen LogP contribution in [-0.4, -0.2) is 24.5 Å². The highest BCUT2D eigenvalue weighted by Crippen LogP contribution is 2.17. The summed E-state index contributed by atoms with van der Waals surface area (Å²) in [5.41, 5.74) is 4.82. The number of nitrogens with one attached hydrogen (secondary N) is 1. The van der Waals surface area contributed by atoms with Gasteiger partial charge in [-0.2, -0.15) is 10.2 Å². The molecule has 0 radical (unpaired) electrons. The van der Waals surface area contributed by atoms with E-state index in [0.717, 1.165) is 17.2 Å². The van der Waals surface area contributed by atoms with Crippen molar-refractivity contribution < 1.29 is 0 Å². The molecule has 0 aromatic carbocycles. The fourth-order valence-electron chi connectivity index (χ4n) is 2.04. The van der Waals surface area contributed by atoms with Gasteiger partial charge in [-0.05, 0) is 26.8 Å². The van der Waals surface area contributed by atoms with Gasteiger partial charge in [0.25, 0.3) is 0 Å². The van der Waals surface area contributed by atoms with Crippen LogP contribution in [0.1, 0.15) is 43.1 Å². The fraction of sp³-hybridized carbons (Fsp3) is 0.583. The van der Waals surface area contributed by atoms with Crippen molar-refractivity contribution in [2.24, 2.45) is 12.9 Å². The fourth-order valence-corrected chi connectivity index (χ4v) is 2.04. The molecule has 2 aromatic heterocycles. The minimum absolute atomic E-state index is 0.0680. The molecule has 0 fully saturated rings. The predicted octanol–water partition coefficient (Wildman–Crippen LogP) is 0.648. The molecule has 2 aromatic rings. The van der Waals surface area contributed by atoms with Gasteiger partial charge in [0.2, 0.25) is 0 Å². The summed E-state index contributed by atoms with van der Waals surface area (Å²) in [6, 6.07) is 2.24. The van der Waals surface area contributed by atoms with Crippen molar-refractivity contribution >= 4 is 0 Å². The summed E-state index contributed by atoms with van der Waals surface area (Å²) in [4.78, 5) is 4.30. The van der Waals surface area contributed by atoms with Crippen LogP contribution in [0.15, 0.2) is 12.4 Å². The number of aromatic nitrogens is 5. The van der Waals surface area contributed by atoms with Gasteiger partial charge in [0.15, 0.2) is 0 Å². The van der Waals surface area contributed by atoms with Gasteiger partial charge in [0, 0.05) is 25.2 Å². The van der Waals surface area contributed by atoms with E-state index in [0.29, 0.717) is 6.42 Å². The number of hydrogen-bond acceptors (Lipinski definition) is 5. The normalized spacial score (nSPS) is 13.2. The Labute approximate surface area is 112 Å². The molecule has 1 atom stereocenters. The highest BCUT2D eigenvalue weighted by molar-refractivity contribution is 5.14. The lowest BCUT2D eigenvalue weighted by atomic mass is 10.1. The van der Waals surface area contributed by atoms with E-state index >= 15 is 0 Å². The molecule has 0 amide bonds. The van der Waals surface area contributed by atoms with Crippen LogP contribution in [0.3, 0.4) is 0 Å². The first-order valence-corrected chi connectivity index (χ1v) is 6.38. The van der Waals surface area contributed by atoms with E-state index in [1.54, 1.807) is 6.33 Å². The van der Waals surface area contributed by atoms with Gasteiger partial charge in [0.1, 0.15) is 12.2 Å². The van der Waals surface area contributed by atoms with E-state index in [1.807, 2.05) is 29.4 Å². The Bertz CT molecular complexity index is 521. The average Bonchev–Trinajstić information content (AvgIpc) is 2.94. The van der Waals surface area contributed by atoms with Gasteiger partial charge in [0.05, 0.1) is 11.7 Å². The number of hydrazine groups is 1. The zero-order chi connectivity index (χ0) is 14.0. The third kappa shape index (κ3) is 2.82. The molecule has 104 valence electrons. The van der Waals surface area contributed by atoms with E-state index in [2.05, 4.69) is 34.5 Å². The second-order valence-corrected chi connectivity index (χ2v) is 4.97. The van der Waals surface area contributed by atoms with Crippen LogP contribution in [-0.2, 0) is 13.5 Å². The molecule has 0 aliphatic rings. The third-order valence-corrected chi connectivity index (χ3v) is 3.21. The van der Waals surface area contributed by atoms with Crippen molar-refractivity contribution in [3.63, 3.8) is 0 Å². The monoisotopic (exact) mass is 263 g/mol. The molecular weight excluding hydrogens is 242 g/mol. The molecule has 3 N–H and O–H groups in total. The number of nitrogens with two attached hydrogens (primary N) is 1. The summed E-state index contributed by atoms with van der Waals surface area (Å²) in [6.07, 6.45) is 2.23. The molecule has 19 heavy (non-hydrogen) atoms. The molecule has 2 rings (SSSR count). The molecule has 7 nitrogen and oxygen atoms in total. The van der Waals surface area contributed by atoms with Crippen LogP contribution in [0.2, 0.25) is 0 Å². The van der Waals surface area contributed by atoms with E-state index in [1.165, 1.54) is 0 Å². The molecule has 0 spiro atoms. The number of aryl methyl sites for hydroxylation is 2. The number of rotatable bonds is 5. The van der Waals surface area contributed by atoms with Crippen molar-refractivity contribution in [3.05, 3.63) is 29.6 Å². The molecule has 2 heterocycles. The lowest BCUT2D eigenvalue weighted by Gasteiger charge is -2.15. The highest BCUT2D eigenvalue weighted by Gasteiger charge is 2.18. The zero-order valence-electron chi connectivity index (χ0n) is 11.8. The van der Waals surface area contributed by atoms with Gasteiger partial charge in [-0.3, -0.25) is 16.0 Å². The standard InChI is InChI=1S/C12H21N7/c1-8(2)19-12(14-7-15-19)6-10(16-13)11-5-9(3)18(4)17-11/h5,7-8,10,16H,6,13H2,1-4H3. The molecule has 0 aliphatic carbocycles. The summed E-state index contributed by atoms with van der Waals surface area (Å²) in [5, 5.41) is 8.68. The van der Waals surface area contributed by atoms with Gasteiger partial charge in [-0.25, -0.2) is 9.67 Å². The van der Waals surface area contributed by atoms with Crippen molar-refractivity contribution in [1.82, 2.24) is 30.0 Å². The summed E-state index contributed by atoms with van der Waals surface area (Å²) in [7, 11) is 1.92. The average molecular weight is 263 g/mol. The zero-order valence-corrected chi connectivity index (χ0v) is 11.8. The first-order valence-electron chi connectivity index (χ1n) is 6.38.